The largest absolute Gasteiger partial charge is 0.494 e. The van der Waals surface area contributed by atoms with Crippen LogP contribution in [0.3, 0.4) is 0 Å². The van der Waals surface area contributed by atoms with Crippen LogP contribution in [0, 0.1) is 17.7 Å². The first-order valence-electron chi connectivity index (χ1n) is 6.61. The summed E-state index contributed by atoms with van der Waals surface area (Å²) in [6.45, 7) is 4.35. The van der Waals surface area contributed by atoms with E-state index in [4.69, 9.17) is 10.5 Å². The van der Waals surface area contributed by atoms with E-state index in [1.54, 1.807) is 12.1 Å². The van der Waals surface area contributed by atoms with Crippen molar-refractivity contribution in [2.24, 2.45) is 17.6 Å². The lowest BCUT2D eigenvalue weighted by Gasteiger charge is -2.42. The highest BCUT2D eigenvalue weighted by atomic mass is 19.1. The minimum atomic E-state index is -0.564. The predicted octanol–water partition coefficient (Wildman–Crippen LogP) is 3.44. The summed E-state index contributed by atoms with van der Waals surface area (Å²) in [5.41, 5.74) is 6.55. The van der Waals surface area contributed by atoms with E-state index in [9.17, 15) is 4.39 Å². The van der Waals surface area contributed by atoms with Crippen molar-refractivity contribution in [2.75, 3.05) is 7.11 Å². The molecule has 0 aromatic heterocycles. The molecule has 1 saturated carbocycles. The van der Waals surface area contributed by atoms with Crippen LogP contribution in [-0.2, 0) is 5.54 Å². The summed E-state index contributed by atoms with van der Waals surface area (Å²) in [6.07, 6.45) is 2.93. The van der Waals surface area contributed by atoms with Crippen molar-refractivity contribution in [2.45, 2.75) is 38.6 Å². The minimum Gasteiger partial charge on any atom is -0.494 e. The van der Waals surface area contributed by atoms with E-state index in [-0.39, 0.29) is 17.5 Å². The fourth-order valence-electron chi connectivity index (χ4n) is 3.09. The number of ether oxygens (including phenoxy) is 1. The molecule has 0 saturated heterocycles. The second-order valence-electron chi connectivity index (χ2n) is 5.64. The second kappa shape index (κ2) is 4.88. The van der Waals surface area contributed by atoms with Crippen LogP contribution in [0.2, 0.25) is 0 Å². The Morgan fingerprint density at radius 3 is 2.72 bits per heavy atom. The van der Waals surface area contributed by atoms with E-state index in [0.717, 1.165) is 19.3 Å². The van der Waals surface area contributed by atoms with Crippen molar-refractivity contribution in [3.05, 3.63) is 29.6 Å². The second-order valence-corrected chi connectivity index (χ2v) is 5.64. The number of hydrogen-bond donors (Lipinski definition) is 1. The smallest absolute Gasteiger partial charge is 0.170 e. The lowest BCUT2D eigenvalue weighted by atomic mass is 9.67. The normalized spacial score (nSPS) is 32.3. The van der Waals surface area contributed by atoms with E-state index in [1.165, 1.54) is 7.11 Å². The number of rotatable bonds is 2. The Balaban J connectivity index is 2.41. The fourth-order valence-corrected chi connectivity index (χ4v) is 3.09. The Hall–Kier alpha value is -1.09. The Morgan fingerprint density at radius 2 is 2.11 bits per heavy atom. The van der Waals surface area contributed by atoms with E-state index >= 15 is 0 Å². The number of halogens is 1. The zero-order chi connectivity index (χ0) is 13.3. The molecule has 2 nitrogen and oxygen atoms in total. The third-order valence-electron chi connectivity index (χ3n) is 4.37. The summed E-state index contributed by atoms with van der Waals surface area (Å²) in [7, 11) is 1.48. The minimum absolute atomic E-state index is 0.280. The van der Waals surface area contributed by atoms with Gasteiger partial charge in [0, 0.05) is 11.1 Å². The van der Waals surface area contributed by atoms with E-state index in [2.05, 4.69) is 13.8 Å². The van der Waals surface area contributed by atoms with Crippen LogP contribution in [-0.4, -0.2) is 7.11 Å². The zero-order valence-electron chi connectivity index (χ0n) is 11.4. The molecule has 0 radical (unpaired) electrons. The fraction of sp³-hybridized carbons (Fsp3) is 0.600. The van der Waals surface area contributed by atoms with E-state index < -0.39 is 5.54 Å². The van der Waals surface area contributed by atoms with Crippen molar-refractivity contribution in [1.29, 1.82) is 0 Å². The first kappa shape index (κ1) is 13.3. The monoisotopic (exact) mass is 251 g/mol. The first-order valence-corrected chi connectivity index (χ1v) is 6.61. The molecule has 3 heteroatoms. The van der Waals surface area contributed by atoms with Crippen LogP contribution < -0.4 is 10.5 Å². The Labute approximate surface area is 108 Å². The summed E-state index contributed by atoms with van der Waals surface area (Å²) >= 11 is 0. The van der Waals surface area contributed by atoms with E-state index in [1.807, 2.05) is 6.07 Å². The third-order valence-corrected chi connectivity index (χ3v) is 4.37. The van der Waals surface area contributed by atoms with Gasteiger partial charge in [0.1, 0.15) is 0 Å². The highest BCUT2D eigenvalue weighted by molar-refractivity contribution is 5.36. The first-order chi connectivity index (χ1) is 8.49. The molecule has 18 heavy (non-hydrogen) atoms. The van der Waals surface area contributed by atoms with Crippen molar-refractivity contribution >= 4 is 0 Å². The van der Waals surface area contributed by atoms with Gasteiger partial charge in [0.2, 0.25) is 0 Å². The van der Waals surface area contributed by atoms with Crippen LogP contribution in [0.1, 0.15) is 38.7 Å². The van der Waals surface area contributed by atoms with E-state index in [0.29, 0.717) is 11.5 Å². The third kappa shape index (κ3) is 2.12. The maximum absolute atomic E-state index is 14.4. The van der Waals surface area contributed by atoms with Gasteiger partial charge in [0.25, 0.3) is 0 Å². The summed E-state index contributed by atoms with van der Waals surface area (Å²) in [5.74, 6) is 0.931. The molecule has 0 heterocycles. The standard InChI is InChI=1S/C15H22FNO/c1-10-7-8-15(17,11(2)9-10)12-5-4-6-13(18-3)14(12)16/h4-6,10-11H,7-9,17H2,1-3H3. The average Bonchev–Trinajstić information content (AvgIpc) is 2.35. The van der Waals surface area contributed by atoms with Gasteiger partial charge in [-0.3, -0.25) is 0 Å². The van der Waals surface area contributed by atoms with Gasteiger partial charge in [-0.2, -0.15) is 0 Å². The van der Waals surface area contributed by atoms with Crippen LogP contribution in [0.15, 0.2) is 18.2 Å². The van der Waals surface area contributed by atoms with Crippen molar-refractivity contribution < 1.29 is 9.13 Å². The molecule has 3 atom stereocenters. The number of methoxy groups -OCH3 is 1. The molecule has 1 aromatic rings. The molecule has 2 N–H and O–H groups in total. The van der Waals surface area contributed by atoms with Gasteiger partial charge in [0.05, 0.1) is 7.11 Å². The van der Waals surface area contributed by atoms with Gasteiger partial charge >= 0.3 is 0 Å². The molecule has 0 aliphatic heterocycles. The summed E-state index contributed by atoms with van der Waals surface area (Å²) in [4.78, 5) is 0. The number of nitrogens with two attached hydrogens (primary N) is 1. The lowest BCUT2D eigenvalue weighted by Crippen LogP contribution is -2.47. The summed E-state index contributed by atoms with van der Waals surface area (Å²) < 4.78 is 19.4. The maximum Gasteiger partial charge on any atom is 0.170 e. The molecular weight excluding hydrogens is 229 g/mol. The highest BCUT2D eigenvalue weighted by Crippen LogP contribution is 2.43. The number of benzene rings is 1. The van der Waals surface area contributed by atoms with Crippen LogP contribution in [0.5, 0.6) is 5.75 Å². The lowest BCUT2D eigenvalue weighted by molar-refractivity contribution is 0.159. The molecule has 0 spiro atoms. The van der Waals surface area contributed by atoms with Gasteiger partial charge in [-0.05, 0) is 37.2 Å². The summed E-state index contributed by atoms with van der Waals surface area (Å²) in [5, 5.41) is 0. The zero-order valence-corrected chi connectivity index (χ0v) is 11.4. The average molecular weight is 251 g/mol. The molecule has 1 aliphatic rings. The van der Waals surface area contributed by atoms with Gasteiger partial charge < -0.3 is 10.5 Å². The topological polar surface area (TPSA) is 35.2 Å². The molecule has 0 bridgehead atoms. The molecule has 1 fully saturated rings. The van der Waals surface area contributed by atoms with Crippen LogP contribution in [0.25, 0.3) is 0 Å². The molecule has 0 amide bonds. The van der Waals surface area contributed by atoms with Crippen molar-refractivity contribution in [3.63, 3.8) is 0 Å². The molecule has 1 aliphatic carbocycles. The van der Waals surface area contributed by atoms with Crippen LogP contribution in [0.4, 0.5) is 4.39 Å². The SMILES string of the molecule is COc1cccc(C2(N)CCC(C)CC2C)c1F. The maximum atomic E-state index is 14.4. The quantitative estimate of drug-likeness (QED) is 0.873. The molecule has 3 unspecified atom stereocenters. The molecule has 2 rings (SSSR count). The Bertz CT molecular complexity index is 435. The van der Waals surface area contributed by atoms with Crippen molar-refractivity contribution in [1.82, 2.24) is 0 Å². The van der Waals surface area contributed by atoms with Crippen molar-refractivity contribution in [3.8, 4) is 5.75 Å². The molecular formula is C15H22FNO. The van der Waals surface area contributed by atoms with Crippen LogP contribution >= 0.6 is 0 Å². The van der Waals surface area contributed by atoms with Gasteiger partial charge in [-0.25, -0.2) is 4.39 Å². The number of hydrogen-bond acceptors (Lipinski definition) is 2. The molecule has 1 aromatic carbocycles. The van der Waals surface area contributed by atoms with Gasteiger partial charge in [-0.15, -0.1) is 0 Å². The summed E-state index contributed by atoms with van der Waals surface area (Å²) in [6, 6.07) is 5.25. The Kier molecular flexibility index (Phi) is 3.62. The van der Waals surface area contributed by atoms with Gasteiger partial charge in [0.15, 0.2) is 11.6 Å². The highest BCUT2D eigenvalue weighted by Gasteiger charge is 2.40. The predicted molar refractivity (Wildman–Crippen MR) is 71.0 cm³/mol. The molecule has 100 valence electrons. The van der Waals surface area contributed by atoms with Gasteiger partial charge in [-0.1, -0.05) is 26.0 Å². The Morgan fingerprint density at radius 1 is 1.39 bits per heavy atom.